The molecular formula is C18H17F3N4O2S. The number of pyridine rings is 1. The zero-order valence-corrected chi connectivity index (χ0v) is 16.0. The lowest BCUT2D eigenvalue weighted by Gasteiger charge is -2.30. The zero-order valence-electron chi connectivity index (χ0n) is 15.2. The molecule has 0 aliphatic carbocycles. The SMILES string of the molecule is CC(C)(C)N(C(=O)O)c1nc2ccc(Nc3cncc(C(F)(F)F)c3)cc2s1. The summed E-state index contributed by atoms with van der Waals surface area (Å²) in [5.41, 5.74) is -0.184. The smallest absolute Gasteiger partial charge is 0.417 e. The summed E-state index contributed by atoms with van der Waals surface area (Å²) in [6.07, 6.45) is -3.53. The Morgan fingerprint density at radius 2 is 1.86 bits per heavy atom. The van der Waals surface area contributed by atoms with E-state index < -0.39 is 23.4 Å². The highest BCUT2D eigenvalue weighted by atomic mass is 32.1. The number of hydrogen-bond donors (Lipinski definition) is 2. The molecule has 1 amide bonds. The van der Waals surface area contributed by atoms with Gasteiger partial charge < -0.3 is 10.4 Å². The quantitative estimate of drug-likeness (QED) is 0.576. The summed E-state index contributed by atoms with van der Waals surface area (Å²) in [4.78, 5) is 20.8. The van der Waals surface area contributed by atoms with Gasteiger partial charge >= 0.3 is 12.3 Å². The Hall–Kier alpha value is -2.88. The molecule has 0 saturated heterocycles. The predicted octanol–water partition coefficient (Wildman–Crippen LogP) is 5.74. The van der Waals surface area contributed by atoms with E-state index in [1.807, 2.05) is 0 Å². The number of halogens is 3. The van der Waals surface area contributed by atoms with Crippen LogP contribution in [0, 0.1) is 0 Å². The third-order valence-electron chi connectivity index (χ3n) is 3.78. The van der Waals surface area contributed by atoms with Crippen LogP contribution >= 0.6 is 11.3 Å². The Bertz CT molecular complexity index is 1030. The van der Waals surface area contributed by atoms with E-state index in [-0.39, 0.29) is 5.69 Å². The summed E-state index contributed by atoms with van der Waals surface area (Å²) in [5, 5.41) is 12.7. The molecule has 0 bridgehead atoms. The fourth-order valence-corrected chi connectivity index (χ4v) is 3.76. The number of carbonyl (C=O) groups is 1. The van der Waals surface area contributed by atoms with Crippen molar-refractivity contribution in [3.63, 3.8) is 0 Å². The number of carboxylic acid groups (broad SMARTS) is 1. The molecule has 6 nitrogen and oxygen atoms in total. The first-order valence-corrected chi connectivity index (χ1v) is 9.00. The number of aromatic nitrogens is 2. The number of benzene rings is 1. The molecule has 10 heteroatoms. The van der Waals surface area contributed by atoms with Gasteiger partial charge in [-0.25, -0.2) is 14.7 Å². The maximum Gasteiger partial charge on any atom is 0.417 e. The van der Waals surface area contributed by atoms with Crippen molar-refractivity contribution in [3.05, 3.63) is 42.2 Å². The normalized spacial score (nSPS) is 12.2. The average molecular weight is 410 g/mol. The highest BCUT2D eigenvalue weighted by Crippen LogP contribution is 2.35. The van der Waals surface area contributed by atoms with Gasteiger partial charge in [-0.05, 0) is 45.0 Å². The molecule has 2 heterocycles. The third-order valence-corrected chi connectivity index (χ3v) is 4.79. The molecule has 3 aromatic rings. The van der Waals surface area contributed by atoms with Crippen molar-refractivity contribution in [1.82, 2.24) is 9.97 Å². The van der Waals surface area contributed by atoms with E-state index in [1.54, 1.807) is 39.0 Å². The molecule has 2 aromatic heterocycles. The molecule has 0 atom stereocenters. The number of rotatable bonds is 3. The minimum atomic E-state index is -4.48. The van der Waals surface area contributed by atoms with Crippen molar-refractivity contribution in [2.45, 2.75) is 32.5 Å². The van der Waals surface area contributed by atoms with Crippen molar-refractivity contribution in [2.24, 2.45) is 0 Å². The Kier molecular flexibility index (Phi) is 4.92. The van der Waals surface area contributed by atoms with Gasteiger partial charge in [0.15, 0.2) is 5.13 Å². The molecule has 0 fully saturated rings. The second-order valence-electron chi connectivity index (χ2n) is 7.05. The number of anilines is 3. The van der Waals surface area contributed by atoms with Gasteiger partial charge in [-0.2, -0.15) is 13.2 Å². The van der Waals surface area contributed by atoms with Gasteiger partial charge in [0.25, 0.3) is 0 Å². The van der Waals surface area contributed by atoms with Crippen LogP contribution in [-0.2, 0) is 6.18 Å². The van der Waals surface area contributed by atoms with E-state index in [1.165, 1.54) is 22.4 Å². The maximum atomic E-state index is 12.8. The fraction of sp³-hybridized carbons (Fsp3) is 0.278. The topological polar surface area (TPSA) is 78.4 Å². The summed E-state index contributed by atoms with van der Waals surface area (Å²) in [7, 11) is 0. The fourth-order valence-electron chi connectivity index (χ4n) is 2.57. The number of hydrogen-bond acceptors (Lipinski definition) is 5. The van der Waals surface area contributed by atoms with Gasteiger partial charge in [-0.1, -0.05) is 11.3 Å². The van der Waals surface area contributed by atoms with Crippen LogP contribution < -0.4 is 10.2 Å². The molecule has 0 aliphatic heterocycles. The van der Waals surface area contributed by atoms with Gasteiger partial charge in [-0.3, -0.25) is 4.98 Å². The molecule has 28 heavy (non-hydrogen) atoms. The van der Waals surface area contributed by atoms with Gasteiger partial charge in [0, 0.05) is 17.4 Å². The van der Waals surface area contributed by atoms with Crippen molar-refractivity contribution in [2.75, 3.05) is 10.2 Å². The van der Waals surface area contributed by atoms with Crippen molar-refractivity contribution >= 4 is 44.2 Å². The zero-order chi connectivity index (χ0) is 20.7. The lowest BCUT2D eigenvalue weighted by Crippen LogP contribution is -2.45. The Morgan fingerprint density at radius 1 is 1.14 bits per heavy atom. The summed E-state index contributed by atoms with van der Waals surface area (Å²) in [5.74, 6) is 0. The van der Waals surface area contributed by atoms with Gasteiger partial charge in [0.2, 0.25) is 0 Å². The van der Waals surface area contributed by atoms with Crippen molar-refractivity contribution in [1.29, 1.82) is 0 Å². The largest absolute Gasteiger partial charge is 0.465 e. The molecule has 3 rings (SSSR count). The Morgan fingerprint density at radius 3 is 2.46 bits per heavy atom. The number of nitrogens with zero attached hydrogens (tertiary/aromatic N) is 3. The van der Waals surface area contributed by atoms with Gasteiger partial charge in [0.05, 0.1) is 27.7 Å². The standard InChI is InChI=1S/C18H17F3N4O2S/c1-17(2,3)25(16(26)27)15-24-13-5-4-11(7-14(13)28-15)23-12-6-10(8-22-9-12)18(19,20)21/h4-9,23H,1-3H3,(H,26,27). The molecule has 0 radical (unpaired) electrons. The monoisotopic (exact) mass is 410 g/mol. The van der Waals surface area contributed by atoms with E-state index >= 15 is 0 Å². The number of amides is 1. The number of alkyl halides is 3. The van der Waals surface area contributed by atoms with Crippen LogP contribution in [0.15, 0.2) is 36.7 Å². The summed E-state index contributed by atoms with van der Waals surface area (Å²) in [6, 6.07) is 6.02. The first kappa shape index (κ1) is 19.9. The first-order chi connectivity index (χ1) is 12.9. The second kappa shape index (κ2) is 6.93. The molecular weight excluding hydrogens is 393 g/mol. The van der Waals surface area contributed by atoms with Crippen LogP contribution in [0.2, 0.25) is 0 Å². The minimum Gasteiger partial charge on any atom is -0.465 e. The average Bonchev–Trinajstić information content (AvgIpc) is 2.94. The predicted molar refractivity (Wildman–Crippen MR) is 102 cm³/mol. The van der Waals surface area contributed by atoms with Crippen LogP contribution in [-0.4, -0.2) is 26.7 Å². The highest BCUT2D eigenvalue weighted by Gasteiger charge is 2.31. The molecule has 0 aliphatic rings. The van der Waals surface area contributed by atoms with Crippen molar-refractivity contribution in [3.8, 4) is 0 Å². The summed E-state index contributed by atoms with van der Waals surface area (Å²) < 4.78 is 39.2. The van der Waals surface area contributed by atoms with E-state index in [0.717, 1.165) is 12.3 Å². The second-order valence-corrected chi connectivity index (χ2v) is 8.06. The van der Waals surface area contributed by atoms with E-state index in [4.69, 9.17) is 0 Å². The van der Waals surface area contributed by atoms with Crippen LogP contribution in [0.5, 0.6) is 0 Å². The van der Waals surface area contributed by atoms with E-state index in [9.17, 15) is 23.1 Å². The molecule has 0 unspecified atom stereocenters. The lowest BCUT2D eigenvalue weighted by molar-refractivity contribution is -0.137. The number of fused-ring (bicyclic) bond motifs is 1. The minimum absolute atomic E-state index is 0.195. The highest BCUT2D eigenvalue weighted by molar-refractivity contribution is 7.22. The summed E-state index contributed by atoms with van der Waals surface area (Å²) >= 11 is 1.19. The van der Waals surface area contributed by atoms with Crippen LogP contribution in [0.4, 0.5) is 34.5 Å². The Labute approximate surface area is 162 Å². The number of nitrogens with one attached hydrogen (secondary N) is 1. The van der Waals surface area contributed by atoms with Gasteiger partial charge in [0.1, 0.15) is 0 Å². The van der Waals surface area contributed by atoms with Crippen LogP contribution in [0.25, 0.3) is 10.2 Å². The first-order valence-electron chi connectivity index (χ1n) is 8.18. The lowest BCUT2D eigenvalue weighted by atomic mass is 10.1. The molecule has 0 spiro atoms. The summed E-state index contributed by atoms with van der Waals surface area (Å²) in [6.45, 7) is 5.29. The number of thiazole rings is 1. The molecule has 148 valence electrons. The van der Waals surface area contributed by atoms with E-state index in [0.29, 0.717) is 21.0 Å². The van der Waals surface area contributed by atoms with Crippen LogP contribution in [0.3, 0.4) is 0 Å². The van der Waals surface area contributed by atoms with E-state index in [2.05, 4.69) is 15.3 Å². The third kappa shape index (κ3) is 4.16. The molecule has 0 saturated carbocycles. The van der Waals surface area contributed by atoms with Gasteiger partial charge in [-0.15, -0.1) is 0 Å². The Balaban J connectivity index is 1.92. The maximum absolute atomic E-state index is 12.8. The molecule has 2 N–H and O–H groups in total. The van der Waals surface area contributed by atoms with Crippen LogP contribution in [0.1, 0.15) is 26.3 Å². The molecule has 1 aromatic carbocycles. The van der Waals surface area contributed by atoms with Crippen molar-refractivity contribution < 1.29 is 23.1 Å².